The normalized spacial score (nSPS) is 11.3. The fraction of sp³-hybridized carbons (Fsp3) is 0.167. The molecule has 0 saturated carbocycles. The van der Waals surface area contributed by atoms with Crippen LogP contribution in [0.5, 0.6) is 0 Å². The molecule has 132 valence electrons. The second-order valence-corrected chi connectivity index (χ2v) is 5.95. The van der Waals surface area contributed by atoms with E-state index in [9.17, 15) is 14.0 Å². The molecule has 1 amide bonds. The zero-order valence-corrected chi connectivity index (χ0v) is 13.9. The molecular weight excluding hydrogens is 339 g/mol. The van der Waals surface area contributed by atoms with E-state index in [0.29, 0.717) is 22.5 Å². The maximum absolute atomic E-state index is 13.2. The molecule has 0 radical (unpaired) electrons. The first-order valence-corrected chi connectivity index (χ1v) is 8.00. The van der Waals surface area contributed by atoms with Crippen molar-refractivity contribution in [2.45, 2.75) is 20.0 Å². The number of fused-ring (bicyclic) bond motifs is 3. The maximum Gasteiger partial charge on any atom is 0.291 e. The summed E-state index contributed by atoms with van der Waals surface area (Å²) in [6.45, 7) is 1.70. The second kappa shape index (κ2) is 6.14. The fourth-order valence-corrected chi connectivity index (χ4v) is 2.98. The zero-order chi connectivity index (χ0) is 18.3. The third-order valence-corrected chi connectivity index (χ3v) is 4.14. The van der Waals surface area contributed by atoms with Gasteiger partial charge in [-0.25, -0.2) is 9.07 Å². The van der Waals surface area contributed by atoms with Gasteiger partial charge in [0.15, 0.2) is 5.58 Å². The van der Waals surface area contributed by atoms with Crippen LogP contribution in [0, 0.1) is 12.7 Å². The Kier molecular flexibility index (Phi) is 3.80. The van der Waals surface area contributed by atoms with E-state index in [1.54, 1.807) is 41.9 Å². The SMILES string of the molecule is Cc1nn(CC(=O)NCc2cccc(F)c2)c(=O)c2cc3occc3n12. The first-order chi connectivity index (χ1) is 12.5. The molecule has 0 saturated heterocycles. The maximum atomic E-state index is 13.2. The number of nitrogens with zero attached hydrogens (tertiary/aromatic N) is 3. The van der Waals surface area contributed by atoms with E-state index in [-0.39, 0.29) is 30.4 Å². The molecule has 4 aromatic rings. The molecule has 7 nitrogen and oxygen atoms in total. The van der Waals surface area contributed by atoms with Crippen LogP contribution < -0.4 is 10.9 Å². The van der Waals surface area contributed by atoms with Crippen LogP contribution in [-0.4, -0.2) is 20.1 Å². The van der Waals surface area contributed by atoms with Gasteiger partial charge in [-0.2, -0.15) is 5.10 Å². The molecule has 26 heavy (non-hydrogen) atoms. The molecule has 1 N–H and O–H groups in total. The third kappa shape index (κ3) is 2.75. The summed E-state index contributed by atoms with van der Waals surface area (Å²) in [5, 5.41) is 6.88. The average molecular weight is 354 g/mol. The van der Waals surface area contributed by atoms with Crippen LogP contribution in [0.4, 0.5) is 4.39 Å². The summed E-state index contributed by atoms with van der Waals surface area (Å²) >= 11 is 0. The lowest BCUT2D eigenvalue weighted by atomic mass is 10.2. The highest BCUT2D eigenvalue weighted by Crippen LogP contribution is 2.19. The first kappa shape index (κ1) is 16.1. The van der Waals surface area contributed by atoms with Gasteiger partial charge in [0.25, 0.3) is 5.56 Å². The molecule has 0 aliphatic heterocycles. The van der Waals surface area contributed by atoms with Gasteiger partial charge in [0.1, 0.15) is 23.7 Å². The summed E-state index contributed by atoms with van der Waals surface area (Å²) < 4.78 is 21.3. The number of hydrogen-bond acceptors (Lipinski definition) is 4. The highest BCUT2D eigenvalue weighted by atomic mass is 19.1. The van der Waals surface area contributed by atoms with Crippen LogP contribution in [-0.2, 0) is 17.9 Å². The van der Waals surface area contributed by atoms with Gasteiger partial charge < -0.3 is 9.73 Å². The Bertz CT molecular complexity index is 1190. The largest absolute Gasteiger partial charge is 0.463 e. The van der Waals surface area contributed by atoms with Gasteiger partial charge in [-0.15, -0.1) is 0 Å². The lowest BCUT2D eigenvalue weighted by molar-refractivity contribution is -0.122. The lowest BCUT2D eigenvalue weighted by Gasteiger charge is -2.09. The van der Waals surface area contributed by atoms with Crippen molar-refractivity contribution < 1.29 is 13.6 Å². The highest BCUT2D eigenvalue weighted by Gasteiger charge is 2.15. The Morgan fingerprint density at radius 3 is 2.92 bits per heavy atom. The molecule has 0 unspecified atom stereocenters. The number of hydrogen-bond donors (Lipinski definition) is 1. The quantitative estimate of drug-likeness (QED) is 0.608. The first-order valence-electron chi connectivity index (χ1n) is 8.00. The van der Waals surface area contributed by atoms with Crippen molar-refractivity contribution in [3.05, 3.63) is 70.2 Å². The van der Waals surface area contributed by atoms with E-state index in [1.165, 1.54) is 12.1 Å². The summed E-state index contributed by atoms with van der Waals surface area (Å²) in [7, 11) is 0. The minimum absolute atomic E-state index is 0.171. The van der Waals surface area contributed by atoms with Crippen molar-refractivity contribution in [3.8, 4) is 0 Å². The number of amides is 1. The Balaban J connectivity index is 1.57. The minimum Gasteiger partial charge on any atom is -0.463 e. The van der Waals surface area contributed by atoms with E-state index in [1.807, 2.05) is 0 Å². The van der Waals surface area contributed by atoms with E-state index >= 15 is 0 Å². The molecule has 0 aliphatic carbocycles. The van der Waals surface area contributed by atoms with Crippen LogP contribution >= 0.6 is 0 Å². The van der Waals surface area contributed by atoms with Crippen molar-refractivity contribution in [1.29, 1.82) is 0 Å². The van der Waals surface area contributed by atoms with Gasteiger partial charge in [-0.05, 0) is 24.6 Å². The van der Waals surface area contributed by atoms with Gasteiger partial charge in [0, 0.05) is 18.7 Å². The van der Waals surface area contributed by atoms with E-state index in [0.717, 1.165) is 10.2 Å². The van der Waals surface area contributed by atoms with Crippen LogP contribution in [0.3, 0.4) is 0 Å². The molecule has 4 rings (SSSR count). The van der Waals surface area contributed by atoms with Gasteiger partial charge in [-0.1, -0.05) is 12.1 Å². The fourth-order valence-electron chi connectivity index (χ4n) is 2.98. The van der Waals surface area contributed by atoms with Crippen molar-refractivity contribution in [3.63, 3.8) is 0 Å². The van der Waals surface area contributed by atoms with Crippen LogP contribution in [0.15, 0.2) is 51.9 Å². The third-order valence-electron chi connectivity index (χ3n) is 4.14. The number of aromatic nitrogens is 3. The molecule has 0 bridgehead atoms. The number of nitrogens with one attached hydrogen (secondary N) is 1. The van der Waals surface area contributed by atoms with Crippen LogP contribution in [0.25, 0.3) is 16.6 Å². The second-order valence-electron chi connectivity index (χ2n) is 5.95. The number of benzene rings is 1. The number of aryl methyl sites for hydroxylation is 1. The molecule has 0 atom stereocenters. The summed E-state index contributed by atoms with van der Waals surface area (Å²) in [5.41, 5.74) is 1.98. The van der Waals surface area contributed by atoms with Crippen LogP contribution in [0.1, 0.15) is 11.4 Å². The Morgan fingerprint density at radius 2 is 2.12 bits per heavy atom. The highest BCUT2D eigenvalue weighted by molar-refractivity contribution is 5.82. The van der Waals surface area contributed by atoms with E-state index in [4.69, 9.17) is 4.42 Å². The lowest BCUT2D eigenvalue weighted by Crippen LogP contribution is -2.34. The Labute approximate surface area is 146 Å². The summed E-state index contributed by atoms with van der Waals surface area (Å²) in [6.07, 6.45) is 1.54. The Hall–Kier alpha value is -3.42. The van der Waals surface area contributed by atoms with Crippen molar-refractivity contribution >= 4 is 22.5 Å². The number of carbonyl (C=O) groups excluding carboxylic acids is 1. The van der Waals surface area contributed by atoms with Gasteiger partial charge in [0.2, 0.25) is 5.91 Å². The summed E-state index contributed by atoms with van der Waals surface area (Å²) in [5.74, 6) is -0.190. The molecule has 3 heterocycles. The standard InChI is InChI=1S/C18H15FN4O3/c1-11-21-22(10-17(24)20-9-12-3-2-4-13(19)7-12)18(25)15-8-16-14(23(11)15)5-6-26-16/h2-8H,9-10H2,1H3,(H,20,24). The predicted octanol–water partition coefficient (Wildman–Crippen LogP) is 2.01. The van der Waals surface area contributed by atoms with Gasteiger partial charge in [0.05, 0.1) is 11.8 Å². The van der Waals surface area contributed by atoms with Crippen molar-refractivity contribution in [1.82, 2.24) is 19.5 Å². The van der Waals surface area contributed by atoms with E-state index < -0.39 is 0 Å². The average Bonchev–Trinajstić information content (AvgIpc) is 3.19. The topological polar surface area (TPSA) is 81.5 Å². The monoisotopic (exact) mass is 354 g/mol. The summed E-state index contributed by atoms with van der Waals surface area (Å²) in [4.78, 5) is 24.8. The number of carbonyl (C=O) groups is 1. The van der Waals surface area contributed by atoms with Crippen LogP contribution in [0.2, 0.25) is 0 Å². The van der Waals surface area contributed by atoms with Gasteiger partial charge in [-0.3, -0.25) is 14.0 Å². The zero-order valence-electron chi connectivity index (χ0n) is 13.9. The summed E-state index contributed by atoms with van der Waals surface area (Å²) in [6, 6.07) is 9.35. The van der Waals surface area contributed by atoms with E-state index in [2.05, 4.69) is 10.4 Å². The molecule has 0 spiro atoms. The minimum atomic E-state index is -0.386. The van der Waals surface area contributed by atoms with Crippen molar-refractivity contribution in [2.75, 3.05) is 0 Å². The molecular formula is C18H15FN4O3. The number of furan rings is 1. The Morgan fingerprint density at radius 1 is 1.27 bits per heavy atom. The predicted molar refractivity (Wildman–Crippen MR) is 92.2 cm³/mol. The molecule has 8 heteroatoms. The molecule has 3 aromatic heterocycles. The molecule has 1 aromatic carbocycles. The smallest absolute Gasteiger partial charge is 0.291 e. The molecule has 0 fully saturated rings. The molecule has 0 aliphatic rings. The van der Waals surface area contributed by atoms with Crippen molar-refractivity contribution in [2.24, 2.45) is 0 Å². The van der Waals surface area contributed by atoms with Gasteiger partial charge >= 0.3 is 0 Å². The number of rotatable bonds is 4. The number of halogens is 1.